The predicted octanol–water partition coefficient (Wildman–Crippen LogP) is 7.15. The summed E-state index contributed by atoms with van der Waals surface area (Å²) < 4.78 is 41.3. The molecule has 0 aliphatic rings. The second kappa shape index (κ2) is 10.2. The molecule has 176 valence electrons. The molecule has 34 heavy (non-hydrogen) atoms. The SMILES string of the molecule is CCCCN(Cc1cccn1Cc1cccc(C(F)(F)F)c1)C(=O)c1cccc2ccccc12. The highest BCUT2D eigenvalue weighted by Gasteiger charge is 2.30. The van der Waals surface area contributed by atoms with Crippen LogP contribution in [0.25, 0.3) is 10.8 Å². The topological polar surface area (TPSA) is 25.2 Å². The first-order valence-electron chi connectivity index (χ1n) is 11.4. The number of benzene rings is 3. The Morgan fingerprint density at radius 1 is 0.941 bits per heavy atom. The summed E-state index contributed by atoms with van der Waals surface area (Å²) in [5, 5.41) is 1.92. The molecule has 0 fully saturated rings. The summed E-state index contributed by atoms with van der Waals surface area (Å²) in [5.41, 5.74) is 1.44. The number of carbonyl (C=O) groups is 1. The van der Waals surface area contributed by atoms with Gasteiger partial charge in [-0.2, -0.15) is 13.2 Å². The smallest absolute Gasteiger partial charge is 0.345 e. The lowest BCUT2D eigenvalue weighted by Crippen LogP contribution is -2.32. The van der Waals surface area contributed by atoms with Crippen LogP contribution in [0.3, 0.4) is 0 Å². The lowest BCUT2D eigenvalue weighted by Gasteiger charge is -2.24. The molecule has 0 spiro atoms. The van der Waals surface area contributed by atoms with Gasteiger partial charge in [-0.15, -0.1) is 0 Å². The number of amides is 1. The van der Waals surface area contributed by atoms with Crippen molar-refractivity contribution < 1.29 is 18.0 Å². The van der Waals surface area contributed by atoms with Gasteiger partial charge in [-0.05, 0) is 53.1 Å². The van der Waals surface area contributed by atoms with Crippen LogP contribution in [-0.2, 0) is 19.3 Å². The fraction of sp³-hybridized carbons (Fsp3) is 0.250. The lowest BCUT2D eigenvalue weighted by molar-refractivity contribution is -0.137. The highest BCUT2D eigenvalue weighted by Crippen LogP contribution is 2.30. The summed E-state index contributed by atoms with van der Waals surface area (Å²) in [5.74, 6) is -0.0444. The van der Waals surface area contributed by atoms with E-state index in [1.165, 1.54) is 12.1 Å². The average Bonchev–Trinajstić information content (AvgIpc) is 3.27. The third kappa shape index (κ3) is 5.33. The molecular formula is C28H27F3N2O. The van der Waals surface area contributed by atoms with Gasteiger partial charge in [0.25, 0.3) is 5.91 Å². The van der Waals surface area contributed by atoms with Crippen molar-refractivity contribution in [2.75, 3.05) is 6.54 Å². The van der Waals surface area contributed by atoms with Crippen molar-refractivity contribution in [3.63, 3.8) is 0 Å². The number of hydrogen-bond acceptors (Lipinski definition) is 1. The van der Waals surface area contributed by atoms with E-state index in [1.54, 1.807) is 6.07 Å². The van der Waals surface area contributed by atoms with Crippen molar-refractivity contribution in [2.45, 2.75) is 39.0 Å². The van der Waals surface area contributed by atoms with E-state index in [2.05, 4.69) is 6.92 Å². The minimum absolute atomic E-state index is 0.0444. The number of hydrogen-bond donors (Lipinski definition) is 0. The molecule has 1 aromatic heterocycles. The van der Waals surface area contributed by atoms with E-state index in [0.29, 0.717) is 30.8 Å². The van der Waals surface area contributed by atoms with E-state index in [0.717, 1.165) is 35.4 Å². The van der Waals surface area contributed by atoms with E-state index < -0.39 is 11.7 Å². The standard InChI is InChI=1S/C28H27F3N2O/c1-2-3-16-33(27(34)26-15-7-11-22-10-4-5-14-25(22)26)20-24-13-8-17-32(24)19-21-9-6-12-23(18-21)28(29,30)31/h4-15,17-18H,2-3,16,19-20H2,1H3. The van der Waals surface area contributed by atoms with E-state index in [9.17, 15) is 18.0 Å². The molecule has 0 atom stereocenters. The van der Waals surface area contributed by atoms with Crippen LogP contribution in [0.15, 0.2) is 85.1 Å². The highest BCUT2D eigenvalue weighted by atomic mass is 19.4. The number of rotatable bonds is 8. The molecule has 0 saturated heterocycles. The van der Waals surface area contributed by atoms with Gasteiger partial charge in [-0.1, -0.05) is 61.9 Å². The maximum absolute atomic E-state index is 13.6. The van der Waals surface area contributed by atoms with Crippen LogP contribution in [-0.4, -0.2) is 21.9 Å². The molecule has 0 radical (unpaired) electrons. The minimum Gasteiger partial charge on any atom is -0.345 e. The summed E-state index contributed by atoms with van der Waals surface area (Å²) in [7, 11) is 0. The van der Waals surface area contributed by atoms with Gasteiger partial charge in [-0.25, -0.2) is 0 Å². The van der Waals surface area contributed by atoms with Gasteiger partial charge in [0.1, 0.15) is 0 Å². The highest BCUT2D eigenvalue weighted by molar-refractivity contribution is 6.07. The predicted molar refractivity (Wildman–Crippen MR) is 129 cm³/mol. The monoisotopic (exact) mass is 464 g/mol. The summed E-state index contributed by atoms with van der Waals surface area (Å²) in [4.78, 5) is 15.4. The Hall–Kier alpha value is -3.54. The number of fused-ring (bicyclic) bond motifs is 1. The van der Waals surface area contributed by atoms with Crippen LogP contribution >= 0.6 is 0 Å². The van der Waals surface area contributed by atoms with Crippen LogP contribution in [0.1, 0.15) is 46.9 Å². The number of halogens is 3. The first kappa shape index (κ1) is 23.6. The molecule has 0 bridgehead atoms. The number of unbranched alkanes of at least 4 members (excludes halogenated alkanes) is 1. The fourth-order valence-corrected chi connectivity index (χ4v) is 4.17. The van der Waals surface area contributed by atoms with Crippen molar-refractivity contribution in [3.8, 4) is 0 Å². The minimum atomic E-state index is -4.38. The first-order valence-corrected chi connectivity index (χ1v) is 11.4. The van der Waals surface area contributed by atoms with Crippen LogP contribution in [0.2, 0.25) is 0 Å². The van der Waals surface area contributed by atoms with Crippen molar-refractivity contribution >= 4 is 16.7 Å². The fourth-order valence-electron chi connectivity index (χ4n) is 4.17. The van der Waals surface area contributed by atoms with Gasteiger partial charge in [0.2, 0.25) is 0 Å². The van der Waals surface area contributed by atoms with Crippen LogP contribution in [0.5, 0.6) is 0 Å². The van der Waals surface area contributed by atoms with Gasteiger partial charge in [0, 0.05) is 30.5 Å². The molecule has 1 heterocycles. The molecule has 4 aromatic rings. The summed E-state index contributed by atoms with van der Waals surface area (Å²) >= 11 is 0. The number of alkyl halides is 3. The van der Waals surface area contributed by atoms with E-state index in [-0.39, 0.29) is 5.91 Å². The molecule has 6 heteroatoms. The molecular weight excluding hydrogens is 437 g/mol. The zero-order valence-electron chi connectivity index (χ0n) is 19.1. The zero-order chi connectivity index (χ0) is 24.1. The summed E-state index contributed by atoms with van der Waals surface area (Å²) in [6.07, 6.45) is -0.719. The molecule has 0 saturated carbocycles. The van der Waals surface area contributed by atoms with Crippen LogP contribution in [0, 0.1) is 0 Å². The Balaban J connectivity index is 1.60. The Labute approximate surface area is 197 Å². The van der Waals surface area contributed by atoms with Crippen LogP contribution < -0.4 is 0 Å². The Bertz CT molecular complexity index is 1270. The third-order valence-corrected chi connectivity index (χ3v) is 5.97. The van der Waals surface area contributed by atoms with Crippen molar-refractivity contribution in [1.29, 1.82) is 0 Å². The normalized spacial score (nSPS) is 11.6. The van der Waals surface area contributed by atoms with Crippen molar-refractivity contribution in [2.24, 2.45) is 0 Å². The van der Waals surface area contributed by atoms with Crippen molar-refractivity contribution in [3.05, 3.63) is 107 Å². The van der Waals surface area contributed by atoms with Gasteiger partial charge in [0.15, 0.2) is 0 Å². The Morgan fingerprint density at radius 2 is 1.71 bits per heavy atom. The molecule has 1 amide bonds. The second-order valence-corrected chi connectivity index (χ2v) is 8.43. The molecule has 0 unspecified atom stereocenters. The quantitative estimate of drug-likeness (QED) is 0.272. The number of aromatic nitrogens is 1. The maximum Gasteiger partial charge on any atom is 0.416 e. The van der Waals surface area contributed by atoms with Crippen LogP contribution in [0.4, 0.5) is 13.2 Å². The van der Waals surface area contributed by atoms with Gasteiger partial charge < -0.3 is 9.47 Å². The Morgan fingerprint density at radius 3 is 2.50 bits per heavy atom. The van der Waals surface area contributed by atoms with E-state index in [4.69, 9.17) is 0 Å². The lowest BCUT2D eigenvalue weighted by atomic mass is 10.0. The zero-order valence-corrected chi connectivity index (χ0v) is 19.1. The maximum atomic E-state index is 13.6. The van der Waals surface area contributed by atoms with Gasteiger partial charge in [0.05, 0.1) is 12.1 Å². The molecule has 0 aliphatic heterocycles. The van der Waals surface area contributed by atoms with E-state index >= 15 is 0 Å². The van der Waals surface area contributed by atoms with E-state index in [1.807, 2.05) is 70.3 Å². The van der Waals surface area contributed by atoms with Gasteiger partial charge in [-0.3, -0.25) is 4.79 Å². The largest absolute Gasteiger partial charge is 0.416 e. The first-order chi connectivity index (χ1) is 16.4. The molecule has 3 aromatic carbocycles. The Kier molecular flexibility index (Phi) is 7.06. The molecule has 0 N–H and O–H groups in total. The average molecular weight is 465 g/mol. The third-order valence-electron chi connectivity index (χ3n) is 5.97. The summed E-state index contributed by atoms with van der Waals surface area (Å²) in [6.45, 7) is 3.37. The molecule has 3 nitrogen and oxygen atoms in total. The van der Waals surface area contributed by atoms with Gasteiger partial charge >= 0.3 is 6.18 Å². The molecule has 0 aliphatic carbocycles. The van der Waals surface area contributed by atoms with Crippen molar-refractivity contribution in [1.82, 2.24) is 9.47 Å². The molecule has 4 rings (SSSR count). The second-order valence-electron chi connectivity index (χ2n) is 8.43. The number of nitrogens with zero attached hydrogens (tertiary/aromatic N) is 2. The summed E-state index contributed by atoms with van der Waals surface area (Å²) in [6, 6.07) is 22.7. The number of carbonyl (C=O) groups excluding carboxylic acids is 1.